The first kappa shape index (κ1) is 22.8. The number of thiophene rings is 1. The molecule has 0 unspecified atom stereocenters. The lowest BCUT2D eigenvalue weighted by molar-refractivity contribution is 0.244. The van der Waals surface area contributed by atoms with Crippen molar-refractivity contribution in [2.24, 2.45) is 0 Å². The number of likely N-dealkylation sites (N-methyl/N-ethyl adjacent to an activating group) is 1. The van der Waals surface area contributed by atoms with Gasteiger partial charge in [-0.25, -0.2) is 9.97 Å². The highest BCUT2D eigenvalue weighted by molar-refractivity contribution is 9.11. The van der Waals surface area contributed by atoms with Crippen molar-refractivity contribution in [3.8, 4) is 0 Å². The maximum absolute atomic E-state index is 4.90. The molecule has 1 fully saturated rings. The van der Waals surface area contributed by atoms with Crippen LogP contribution in [0.2, 0.25) is 0 Å². The third-order valence-electron chi connectivity index (χ3n) is 5.11. The molecule has 0 aromatic carbocycles. The van der Waals surface area contributed by atoms with Crippen molar-refractivity contribution >= 4 is 58.0 Å². The fourth-order valence-corrected chi connectivity index (χ4v) is 5.10. The van der Waals surface area contributed by atoms with E-state index in [4.69, 9.17) is 4.98 Å². The minimum absolute atomic E-state index is 0. The molecule has 4 rings (SSSR count). The fraction of sp³-hybridized carbons (Fsp3) is 0.556. The number of anilines is 1. The molecule has 0 N–H and O–H groups in total. The van der Waals surface area contributed by atoms with Crippen LogP contribution in [0, 0.1) is 0 Å². The Labute approximate surface area is 186 Å². The van der Waals surface area contributed by atoms with Gasteiger partial charge in [0.25, 0.3) is 0 Å². The van der Waals surface area contributed by atoms with Gasteiger partial charge < -0.3 is 9.80 Å². The smallest absolute Gasteiger partial charge is 0.225 e. The topological polar surface area (TPSA) is 35.5 Å². The normalized spacial score (nSPS) is 17.8. The van der Waals surface area contributed by atoms with Gasteiger partial charge in [-0.15, -0.1) is 36.2 Å². The number of fused-ring (bicyclic) bond motifs is 1. The van der Waals surface area contributed by atoms with Crippen LogP contribution in [0.5, 0.6) is 0 Å². The maximum atomic E-state index is 4.90. The largest absolute Gasteiger partial charge is 0.338 e. The second kappa shape index (κ2) is 10.4. The van der Waals surface area contributed by atoms with E-state index < -0.39 is 0 Å². The number of piperazine rings is 1. The van der Waals surface area contributed by atoms with E-state index in [9.17, 15) is 0 Å². The summed E-state index contributed by atoms with van der Waals surface area (Å²) in [7, 11) is 0. The average molecular weight is 495 g/mol. The van der Waals surface area contributed by atoms with Crippen molar-refractivity contribution in [3.63, 3.8) is 0 Å². The van der Waals surface area contributed by atoms with E-state index in [1.54, 1.807) is 0 Å². The van der Waals surface area contributed by atoms with Crippen molar-refractivity contribution in [3.05, 3.63) is 38.3 Å². The van der Waals surface area contributed by atoms with E-state index in [1.165, 1.54) is 19.9 Å². The monoisotopic (exact) mass is 493 g/mol. The quantitative estimate of drug-likeness (QED) is 0.645. The number of nitrogens with zero attached hydrogens (tertiary/aromatic N) is 5. The van der Waals surface area contributed by atoms with Crippen LogP contribution in [0.1, 0.15) is 23.1 Å². The summed E-state index contributed by atoms with van der Waals surface area (Å²) in [4.78, 5) is 18.3. The van der Waals surface area contributed by atoms with E-state index in [-0.39, 0.29) is 24.8 Å². The Morgan fingerprint density at radius 1 is 1.07 bits per heavy atom. The van der Waals surface area contributed by atoms with Crippen molar-refractivity contribution in [1.29, 1.82) is 0 Å². The zero-order valence-electron chi connectivity index (χ0n) is 15.4. The summed E-state index contributed by atoms with van der Waals surface area (Å²) in [5.74, 6) is 0.921. The summed E-state index contributed by atoms with van der Waals surface area (Å²) >= 11 is 5.37. The Morgan fingerprint density at radius 2 is 1.85 bits per heavy atom. The summed E-state index contributed by atoms with van der Waals surface area (Å²) in [5.41, 5.74) is 2.53. The molecule has 0 bridgehead atoms. The van der Waals surface area contributed by atoms with Gasteiger partial charge in [0, 0.05) is 68.9 Å². The minimum Gasteiger partial charge on any atom is -0.338 e. The molecule has 4 heterocycles. The summed E-state index contributed by atoms with van der Waals surface area (Å²) in [5, 5.41) is 0. The van der Waals surface area contributed by atoms with Crippen LogP contribution in [0.4, 0.5) is 5.95 Å². The number of hydrogen-bond acceptors (Lipinski definition) is 6. The minimum atomic E-state index is 0. The van der Waals surface area contributed by atoms with Crippen LogP contribution in [0.3, 0.4) is 0 Å². The second-order valence-electron chi connectivity index (χ2n) is 6.73. The molecule has 2 aliphatic rings. The first-order chi connectivity index (χ1) is 12.2. The summed E-state index contributed by atoms with van der Waals surface area (Å²) in [6, 6.07) is 4.34. The lowest BCUT2D eigenvalue weighted by Gasteiger charge is -2.34. The van der Waals surface area contributed by atoms with Crippen LogP contribution >= 0.6 is 52.1 Å². The molecule has 2 aromatic rings. The lowest BCUT2D eigenvalue weighted by atomic mass is 10.1. The maximum Gasteiger partial charge on any atom is 0.225 e. The van der Waals surface area contributed by atoms with E-state index in [0.29, 0.717) is 0 Å². The molecule has 2 aromatic heterocycles. The number of rotatable bonds is 4. The number of aromatic nitrogens is 2. The molecule has 0 saturated carbocycles. The predicted molar refractivity (Wildman–Crippen MR) is 121 cm³/mol. The zero-order valence-corrected chi connectivity index (χ0v) is 19.5. The predicted octanol–water partition coefficient (Wildman–Crippen LogP) is 3.84. The number of halogens is 3. The van der Waals surface area contributed by atoms with Gasteiger partial charge in [0.15, 0.2) is 0 Å². The molecule has 0 atom stereocenters. The molecule has 0 aliphatic carbocycles. The van der Waals surface area contributed by atoms with Gasteiger partial charge in [-0.2, -0.15) is 0 Å². The Kier molecular flexibility index (Phi) is 8.77. The molecular weight excluding hydrogens is 469 g/mol. The number of hydrogen-bond donors (Lipinski definition) is 0. The highest BCUT2D eigenvalue weighted by Crippen LogP contribution is 2.26. The molecule has 0 radical (unpaired) electrons. The standard InChI is InChI=1S/C18H24BrN5S.2ClH/c1-2-22-7-9-24(10-8-22)18-20-11-14-12-23(6-5-16(14)21-18)13-15-3-4-17(19)25-15;;/h3-4,11H,2,5-10,12-13H2,1H3;2*1H. The van der Waals surface area contributed by atoms with Gasteiger partial charge in [0.1, 0.15) is 0 Å². The van der Waals surface area contributed by atoms with Gasteiger partial charge in [0.2, 0.25) is 5.95 Å². The first-order valence-electron chi connectivity index (χ1n) is 9.00. The third-order valence-corrected chi connectivity index (χ3v) is 6.72. The zero-order chi connectivity index (χ0) is 17.2. The molecule has 27 heavy (non-hydrogen) atoms. The second-order valence-corrected chi connectivity index (χ2v) is 9.28. The van der Waals surface area contributed by atoms with Gasteiger partial charge in [-0.3, -0.25) is 4.90 Å². The summed E-state index contributed by atoms with van der Waals surface area (Å²) < 4.78 is 1.20. The fourth-order valence-electron chi connectivity index (χ4n) is 3.57. The SMILES string of the molecule is CCN1CCN(c2ncc3c(n2)CCN(Cc2ccc(Br)s2)C3)CC1.Cl.Cl. The van der Waals surface area contributed by atoms with Crippen LogP contribution < -0.4 is 4.90 Å². The van der Waals surface area contributed by atoms with E-state index in [1.807, 2.05) is 11.3 Å². The summed E-state index contributed by atoms with van der Waals surface area (Å²) in [6.07, 6.45) is 3.08. The van der Waals surface area contributed by atoms with E-state index in [2.05, 4.69) is 60.9 Å². The average Bonchev–Trinajstić information content (AvgIpc) is 3.06. The Bertz CT molecular complexity index is 736. The van der Waals surface area contributed by atoms with Gasteiger partial charge in [-0.05, 0) is 34.6 Å². The molecule has 150 valence electrons. The molecule has 2 aliphatic heterocycles. The molecule has 0 spiro atoms. The highest BCUT2D eigenvalue weighted by atomic mass is 79.9. The van der Waals surface area contributed by atoms with Gasteiger partial charge in [0.05, 0.1) is 9.48 Å². The Hall–Kier alpha value is -0.440. The molecule has 5 nitrogen and oxygen atoms in total. The Balaban J connectivity index is 0.00000131. The van der Waals surface area contributed by atoms with Crippen LogP contribution in [-0.4, -0.2) is 59.0 Å². The third kappa shape index (κ3) is 5.55. The molecule has 0 amide bonds. The first-order valence-corrected chi connectivity index (χ1v) is 10.6. The van der Waals surface area contributed by atoms with Crippen molar-refractivity contribution in [2.75, 3.05) is 44.2 Å². The molecular formula is C18H26BrCl2N5S. The van der Waals surface area contributed by atoms with Gasteiger partial charge in [-0.1, -0.05) is 6.92 Å². The lowest BCUT2D eigenvalue weighted by Crippen LogP contribution is -2.47. The summed E-state index contributed by atoms with van der Waals surface area (Å²) in [6.45, 7) is 10.7. The Morgan fingerprint density at radius 3 is 2.52 bits per heavy atom. The van der Waals surface area contributed by atoms with Crippen LogP contribution in [0.15, 0.2) is 22.1 Å². The van der Waals surface area contributed by atoms with Crippen LogP contribution in [0.25, 0.3) is 0 Å². The van der Waals surface area contributed by atoms with Crippen LogP contribution in [-0.2, 0) is 19.5 Å². The van der Waals surface area contributed by atoms with Crippen molar-refractivity contribution < 1.29 is 0 Å². The van der Waals surface area contributed by atoms with Gasteiger partial charge >= 0.3 is 0 Å². The van der Waals surface area contributed by atoms with E-state index in [0.717, 1.165) is 64.7 Å². The highest BCUT2D eigenvalue weighted by Gasteiger charge is 2.22. The molecule has 1 saturated heterocycles. The molecule has 9 heteroatoms. The van der Waals surface area contributed by atoms with E-state index >= 15 is 0 Å². The van der Waals surface area contributed by atoms with Crippen molar-refractivity contribution in [1.82, 2.24) is 19.8 Å². The van der Waals surface area contributed by atoms with Crippen molar-refractivity contribution in [2.45, 2.75) is 26.4 Å².